The van der Waals surface area contributed by atoms with E-state index in [1.807, 2.05) is 0 Å². The van der Waals surface area contributed by atoms with Gasteiger partial charge in [-0.3, -0.25) is 0 Å². The van der Waals surface area contributed by atoms with E-state index >= 15 is 0 Å². The molecular formula is C13H9Cl2FO2. The van der Waals surface area contributed by atoms with Gasteiger partial charge in [-0.15, -0.1) is 0 Å². The van der Waals surface area contributed by atoms with Crippen LogP contribution in [0.3, 0.4) is 0 Å². The molecule has 94 valence electrons. The van der Waals surface area contributed by atoms with Gasteiger partial charge >= 0.3 is 0 Å². The monoisotopic (exact) mass is 286 g/mol. The van der Waals surface area contributed by atoms with Gasteiger partial charge in [-0.1, -0.05) is 29.3 Å². The van der Waals surface area contributed by atoms with E-state index in [1.54, 1.807) is 18.2 Å². The van der Waals surface area contributed by atoms with Crippen molar-refractivity contribution in [2.45, 2.75) is 6.61 Å². The molecule has 0 heterocycles. The number of aliphatic hydroxyl groups is 1. The minimum absolute atomic E-state index is 0.00873. The van der Waals surface area contributed by atoms with Crippen molar-refractivity contribution < 1.29 is 14.2 Å². The zero-order valence-corrected chi connectivity index (χ0v) is 10.7. The van der Waals surface area contributed by atoms with E-state index in [1.165, 1.54) is 18.2 Å². The van der Waals surface area contributed by atoms with Crippen LogP contribution in [0.25, 0.3) is 0 Å². The van der Waals surface area contributed by atoms with Gasteiger partial charge in [0.2, 0.25) is 0 Å². The molecule has 0 aromatic heterocycles. The van der Waals surface area contributed by atoms with Crippen molar-refractivity contribution in [3.8, 4) is 11.5 Å². The fourth-order valence-corrected chi connectivity index (χ4v) is 1.80. The minimum Gasteiger partial charge on any atom is -0.457 e. The lowest BCUT2D eigenvalue weighted by atomic mass is 10.2. The predicted molar refractivity (Wildman–Crippen MR) is 68.9 cm³/mol. The van der Waals surface area contributed by atoms with Crippen molar-refractivity contribution >= 4 is 23.2 Å². The Morgan fingerprint density at radius 2 is 1.61 bits per heavy atom. The molecule has 1 N–H and O–H groups in total. The van der Waals surface area contributed by atoms with Crippen LogP contribution in [0.15, 0.2) is 36.4 Å². The van der Waals surface area contributed by atoms with Crippen molar-refractivity contribution in [3.05, 3.63) is 57.8 Å². The molecule has 18 heavy (non-hydrogen) atoms. The minimum atomic E-state index is -0.502. The third kappa shape index (κ3) is 2.93. The van der Waals surface area contributed by atoms with E-state index in [0.29, 0.717) is 22.1 Å². The molecule has 0 atom stereocenters. The summed E-state index contributed by atoms with van der Waals surface area (Å²) in [5, 5.41) is 9.38. The number of rotatable bonds is 3. The second-order valence-corrected chi connectivity index (χ2v) is 4.40. The average Bonchev–Trinajstić information content (AvgIpc) is 2.34. The molecule has 5 heteroatoms. The highest BCUT2D eigenvalue weighted by Gasteiger charge is 2.05. The van der Waals surface area contributed by atoms with Crippen LogP contribution in [0.4, 0.5) is 4.39 Å². The van der Waals surface area contributed by atoms with Gasteiger partial charge in [0.15, 0.2) is 0 Å². The zero-order valence-electron chi connectivity index (χ0n) is 9.16. The summed E-state index contributed by atoms with van der Waals surface area (Å²) in [4.78, 5) is 0. The maximum atomic E-state index is 13.0. The second kappa shape index (κ2) is 5.57. The van der Waals surface area contributed by atoms with Crippen LogP contribution in [-0.4, -0.2) is 5.11 Å². The number of hydrogen-bond donors (Lipinski definition) is 1. The molecule has 0 amide bonds. The van der Waals surface area contributed by atoms with Crippen molar-refractivity contribution in [1.82, 2.24) is 0 Å². The lowest BCUT2D eigenvalue weighted by Gasteiger charge is -2.08. The number of hydrogen-bond acceptors (Lipinski definition) is 2. The molecule has 0 aliphatic rings. The van der Waals surface area contributed by atoms with E-state index in [0.717, 1.165) is 0 Å². The summed E-state index contributed by atoms with van der Waals surface area (Å²) in [6.45, 7) is -0.137. The fourth-order valence-electron chi connectivity index (χ4n) is 1.40. The molecule has 0 saturated carbocycles. The first kappa shape index (κ1) is 13.1. The van der Waals surface area contributed by atoms with Gasteiger partial charge in [0.25, 0.3) is 0 Å². The Hall–Kier alpha value is -1.29. The third-order valence-electron chi connectivity index (χ3n) is 2.32. The van der Waals surface area contributed by atoms with Crippen molar-refractivity contribution in [3.63, 3.8) is 0 Å². The average molecular weight is 287 g/mol. The van der Waals surface area contributed by atoms with Crippen LogP contribution in [0.1, 0.15) is 5.56 Å². The van der Waals surface area contributed by atoms with Crippen LogP contribution >= 0.6 is 23.2 Å². The van der Waals surface area contributed by atoms with Gasteiger partial charge in [-0.05, 0) is 29.8 Å². The first-order valence-corrected chi connectivity index (χ1v) is 5.88. The Kier molecular flexibility index (Phi) is 4.07. The van der Waals surface area contributed by atoms with E-state index in [2.05, 4.69) is 0 Å². The number of halogens is 3. The van der Waals surface area contributed by atoms with Crippen LogP contribution in [0.2, 0.25) is 10.0 Å². The lowest BCUT2D eigenvalue weighted by molar-refractivity contribution is 0.282. The number of benzene rings is 2. The second-order valence-electron chi connectivity index (χ2n) is 3.59. The first-order valence-electron chi connectivity index (χ1n) is 5.12. The highest BCUT2D eigenvalue weighted by molar-refractivity contribution is 6.31. The van der Waals surface area contributed by atoms with Crippen molar-refractivity contribution in [2.75, 3.05) is 0 Å². The molecule has 0 aliphatic heterocycles. The SMILES string of the molecule is OCc1ccc(Oc2ccc(F)c(Cl)c2)cc1Cl. The van der Waals surface area contributed by atoms with E-state index < -0.39 is 5.82 Å². The Morgan fingerprint density at radius 3 is 2.17 bits per heavy atom. The van der Waals surface area contributed by atoms with Crippen LogP contribution in [0.5, 0.6) is 11.5 Å². The van der Waals surface area contributed by atoms with E-state index in [4.69, 9.17) is 33.0 Å². The smallest absolute Gasteiger partial charge is 0.142 e. The van der Waals surface area contributed by atoms with Crippen molar-refractivity contribution in [1.29, 1.82) is 0 Å². The summed E-state index contributed by atoms with van der Waals surface area (Å²) in [6, 6.07) is 8.96. The highest BCUT2D eigenvalue weighted by atomic mass is 35.5. The van der Waals surface area contributed by atoms with Gasteiger partial charge in [0, 0.05) is 11.1 Å². The molecule has 0 unspecified atom stereocenters. The van der Waals surface area contributed by atoms with E-state index in [-0.39, 0.29) is 11.6 Å². The Labute approximate surface area is 114 Å². The molecule has 0 spiro atoms. The van der Waals surface area contributed by atoms with E-state index in [9.17, 15) is 4.39 Å². The summed E-state index contributed by atoms with van der Waals surface area (Å²) >= 11 is 11.6. The maximum absolute atomic E-state index is 13.0. The molecule has 0 fully saturated rings. The molecule has 2 aromatic carbocycles. The summed E-state index contributed by atoms with van der Waals surface area (Å²) in [5.41, 5.74) is 0.612. The summed E-state index contributed by atoms with van der Waals surface area (Å²) in [6.07, 6.45) is 0. The molecule has 2 aromatic rings. The van der Waals surface area contributed by atoms with Gasteiger partial charge in [0.1, 0.15) is 17.3 Å². The van der Waals surface area contributed by atoms with Gasteiger partial charge in [-0.25, -0.2) is 4.39 Å². The Morgan fingerprint density at radius 1 is 1.00 bits per heavy atom. The predicted octanol–water partition coefficient (Wildman–Crippen LogP) is 4.42. The molecular weight excluding hydrogens is 278 g/mol. The number of aliphatic hydroxyl groups excluding tert-OH is 1. The molecule has 2 rings (SSSR count). The third-order valence-corrected chi connectivity index (χ3v) is 2.96. The largest absolute Gasteiger partial charge is 0.457 e. The van der Waals surface area contributed by atoms with Gasteiger partial charge in [0.05, 0.1) is 11.6 Å². The first-order chi connectivity index (χ1) is 8.60. The van der Waals surface area contributed by atoms with Crippen LogP contribution in [-0.2, 0) is 6.61 Å². The maximum Gasteiger partial charge on any atom is 0.142 e. The summed E-state index contributed by atoms with van der Waals surface area (Å²) < 4.78 is 18.4. The highest BCUT2D eigenvalue weighted by Crippen LogP contribution is 2.29. The van der Waals surface area contributed by atoms with Crippen molar-refractivity contribution in [2.24, 2.45) is 0 Å². The molecule has 0 aliphatic carbocycles. The topological polar surface area (TPSA) is 29.5 Å². The lowest BCUT2D eigenvalue weighted by Crippen LogP contribution is -1.89. The summed E-state index contributed by atoms with van der Waals surface area (Å²) in [5.74, 6) is 0.395. The molecule has 0 bridgehead atoms. The number of ether oxygens (including phenoxy) is 1. The summed E-state index contributed by atoms with van der Waals surface area (Å²) in [7, 11) is 0. The molecule has 0 saturated heterocycles. The normalized spacial score (nSPS) is 10.4. The molecule has 2 nitrogen and oxygen atoms in total. The standard InChI is InChI=1S/C13H9Cl2FO2/c14-11-5-9(2-1-8(11)7-17)18-10-3-4-13(16)12(15)6-10/h1-6,17H,7H2. The van der Waals surface area contributed by atoms with Crippen LogP contribution < -0.4 is 4.74 Å². The van der Waals surface area contributed by atoms with Gasteiger partial charge in [-0.2, -0.15) is 0 Å². The Balaban J connectivity index is 2.23. The zero-order chi connectivity index (χ0) is 13.1. The fraction of sp³-hybridized carbons (Fsp3) is 0.0769. The Bertz CT molecular complexity index is 573. The van der Waals surface area contributed by atoms with Crippen LogP contribution in [0, 0.1) is 5.82 Å². The quantitative estimate of drug-likeness (QED) is 0.905. The molecule has 0 radical (unpaired) electrons. The van der Waals surface area contributed by atoms with Gasteiger partial charge < -0.3 is 9.84 Å².